The van der Waals surface area contributed by atoms with E-state index in [0.29, 0.717) is 17.6 Å². The standard InChI is InChI=1S/C52H32N4O/c1-3-16-33(17-4-1)35-20-15-21-36(30-35)50-53-49(34-18-5-2-6-19-34)54-51(55-50)56-45-27-12-8-23-38(45)40-31-44-39(32-46(40)56)37-22-7-9-24-41(37)52(44)42-25-10-13-28-47(42)57-48-29-14-11-26-43(48)52/h1-32H. The number of para-hydroxylation sites is 3. The van der Waals surface area contributed by atoms with Crippen LogP contribution in [0.4, 0.5) is 0 Å². The Morgan fingerprint density at radius 3 is 1.70 bits per heavy atom. The summed E-state index contributed by atoms with van der Waals surface area (Å²) in [4.78, 5) is 15.7. The number of hydrogen-bond donors (Lipinski definition) is 0. The minimum absolute atomic E-state index is 0.567. The minimum atomic E-state index is -0.570. The van der Waals surface area contributed by atoms with Crippen molar-refractivity contribution in [1.29, 1.82) is 0 Å². The fourth-order valence-corrected chi connectivity index (χ4v) is 9.31. The van der Waals surface area contributed by atoms with Crippen LogP contribution in [0.5, 0.6) is 11.5 Å². The van der Waals surface area contributed by atoms with Gasteiger partial charge in [-0.2, -0.15) is 9.97 Å². The van der Waals surface area contributed by atoms with Gasteiger partial charge in [-0.05, 0) is 69.8 Å². The lowest BCUT2D eigenvalue weighted by atomic mass is 9.66. The Morgan fingerprint density at radius 1 is 0.368 bits per heavy atom. The third-order valence-corrected chi connectivity index (χ3v) is 11.7. The lowest BCUT2D eigenvalue weighted by Gasteiger charge is -2.39. The zero-order chi connectivity index (χ0) is 37.5. The van der Waals surface area contributed by atoms with Crippen LogP contribution >= 0.6 is 0 Å². The van der Waals surface area contributed by atoms with E-state index in [2.05, 4.69) is 174 Å². The summed E-state index contributed by atoms with van der Waals surface area (Å²) in [6.45, 7) is 0. The van der Waals surface area contributed by atoms with Crippen LogP contribution in [-0.2, 0) is 5.41 Å². The summed E-state index contributed by atoms with van der Waals surface area (Å²) in [7, 11) is 0. The van der Waals surface area contributed by atoms with E-state index >= 15 is 0 Å². The number of nitrogens with zero attached hydrogens (tertiary/aromatic N) is 4. The first-order chi connectivity index (χ1) is 28.3. The second-order valence-electron chi connectivity index (χ2n) is 14.8. The van der Waals surface area contributed by atoms with Crippen LogP contribution in [0, 0.1) is 0 Å². The molecule has 1 aliphatic carbocycles. The molecule has 0 saturated carbocycles. The Bertz CT molecular complexity index is 3180. The van der Waals surface area contributed by atoms with Crippen molar-refractivity contribution in [3.8, 4) is 62.5 Å². The summed E-state index contributed by atoms with van der Waals surface area (Å²) in [5, 5.41) is 2.26. The molecule has 2 aliphatic rings. The van der Waals surface area contributed by atoms with E-state index in [-0.39, 0.29) is 0 Å². The normalized spacial score (nSPS) is 13.2. The third-order valence-electron chi connectivity index (χ3n) is 11.7. The Balaban J connectivity index is 1.15. The number of fused-ring (bicyclic) bond motifs is 12. The van der Waals surface area contributed by atoms with Crippen LogP contribution in [-0.4, -0.2) is 19.5 Å². The number of aromatic nitrogens is 4. The quantitative estimate of drug-likeness (QED) is 0.181. The second kappa shape index (κ2) is 12.2. The summed E-state index contributed by atoms with van der Waals surface area (Å²) in [6, 6.07) is 68.3. The molecule has 5 nitrogen and oxygen atoms in total. The molecule has 0 unspecified atom stereocenters. The highest BCUT2D eigenvalue weighted by Gasteiger charge is 2.51. The van der Waals surface area contributed by atoms with Gasteiger partial charge in [0.1, 0.15) is 11.5 Å². The summed E-state index contributed by atoms with van der Waals surface area (Å²) in [5.41, 5.74) is 12.7. The summed E-state index contributed by atoms with van der Waals surface area (Å²) in [5.74, 6) is 3.56. The molecule has 12 rings (SSSR count). The monoisotopic (exact) mass is 728 g/mol. The predicted octanol–water partition coefficient (Wildman–Crippen LogP) is 12.4. The molecule has 10 aromatic rings. The molecule has 0 saturated heterocycles. The molecule has 1 spiro atoms. The van der Waals surface area contributed by atoms with Gasteiger partial charge in [0.05, 0.1) is 16.4 Å². The maximum atomic E-state index is 6.62. The van der Waals surface area contributed by atoms with Crippen LogP contribution in [0.25, 0.3) is 72.8 Å². The molecule has 57 heavy (non-hydrogen) atoms. The maximum absolute atomic E-state index is 6.62. The van der Waals surface area contributed by atoms with Gasteiger partial charge in [-0.1, -0.05) is 158 Å². The average Bonchev–Trinajstić information content (AvgIpc) is 3.76. The van der Waals surface area contributed by atoms with Crippen LogP contribution in [0.1, 0.15) is 22.3 Å². The fraction of sp³-hybridized carbons (Fsp3) is 0.0192. The van der Waals surface area contributed by atoms with Crippen LogP contribution < -0.4 is 4.74 Å². The van der Waals surface area contributed by atoms with Crippen molar-refractivity contribution in [2.45, 2.75) is 5.41 Å². The third kappa shape index (κ3) is 4.60. The second-order valence-corrected chi connectivity index (χ2v) is 14.8. The Kier molecular flexibility index (Phi) is 6.78. The molecule has 0 amide bonds. The van der Waals surface area contributed by atoms with Crippen molar-refractivity contribution in [3.05, 3.63) is 216 Å². The highest BCUT2D eigenvalue weighted by atomic mass is 16.5. The molecule has 266 valence electrons. The molecular formula is C52H32N4O. The Labute approximate surface area is 329 Å². The number of rotatable bonds is 4. The first kappa shape index (κ1) is 31.7. The topological polar surface area (TPSA) is 52.8 Å². The summed E-state index contributed by atoms with van der Waals surface area (Å²) in [6.07, 6.45) is 0. The van der Waals surface area contributed by atoms with E-state index < -0.39 is 5.41 Å². The van der Waals surface area contributed by atoms with E-state index in [4.69, 9.17) is 19.7 Å². The molecule has 1 aliphatic heterocycles. The van der Waals surface area contributed by atoms with E-state index in [1.165, 1.54) is 22.3 Å². The Hall–Kier alpha value is -7.63. The molecular weight excluding hydrogens is 697 g/mol. The van der Waals surface area contributed by atoms with E-state index in [9.17, 15) is 0 Å². The van der Waals surface area contributed by atoms with Gasteiger partial charge in [0, 0.05) is 33.0 Å². The molecule has 8 aromatic carbocycles. The summed E-state index contributed by atoms with van der Waals surface area (Å²) >= 11 is 0. The molecule has 0 radical (unpaired) electrons. The minimum Gasteiger partial charge on any atom is -0.457 e. The van der Waals surface area contributed by atoms with Crippen LogP contribution in [0.15, 0.2) is 194 Å². The molecule has 5 heteroatoms. The smallest absolute Gasteiger partial charge is 0.238 e. The first-order valence-corrected chi connectivity index (χ1v) is 19.3. The van der Waals surface area contributed by atoms with Crippen molar-refractivity contribution in [1.82, 2.24) is 19.5 Å². The lowest BCUT2D eigenvalue weighted by Crippen LogP contribution is -2.32. The predicted molar refractivity (Wildman–Crippen MR) is 228 cm³/mol. The fourth-order valence-electron chi connectivity index (χ4n) is 9.31. The zero-order valence-corrected chi connectivity index (χ0v) is 30.7. The van der Waals surface area contributed by atoms with Crippen molar-refractivity contribution in [2.24, 2.45) is 0 Å². The highest BCUT2D eigenvalue weighted by Crippen LogP contribution is 2.62. The van der Waals surface area contributed by atoms with Crippen LogP contribution in [0.2, 0.25) is 0 Å². The molecule has 2 aromatic heterocycles. The zero-order valence-electron chi connectivity index (χ0n) is 30.7. The summed E-state index contributed by atoms with van der Waals surface area (Å²) < 4.78 is 8.84. The molecule has 0 bridgehead atoms. The SMILES string of the molecule is c1ccc(-c2cccc(-c3nc(-c4ccccc4)nc(-n4c5ccccc5c5cc6c(cc54)-c4ccccc4C64c5ccccc5Oc5ccccc54)n3)c2)cc1. The van der Waals surface area contributed by atoms with Gasteiger partial charge in [0.25, 0.3) is 0 Å². The number of benzene rings is 8. The molecule has 3 heterocycles. The molecule has 0 atom stereocenters. The lowest BCUT2D eigenvalue weighted by molar-refractivity contribution is 0.436. The molecule has 0 fully saturated rings. The van der Waals surface area contributed by atoms with E-state index in [1.807, 2.05) is 24.3 Å². The number of hydrogen-bond acceptors (Lipinski definition) is 4. The van der Waals surface area contributed by atoms with Crippen molar-refractivity contribution in [3.63, 3.8) is 0 Å². The first-order valence-electron chi connectivity index (χ1n) is 19.3. The van der Waals surface area contributed by atoms with Gasteiger partial charge in [-0.15, -0.1) is 0 Å². The highest BCUT2D eigenvalue weighted by molar-refractivity contribution is 6.11. The van der Waals surface area contributed by atoms with Gasteiger partial charge in [-0.3, -0.25) is 4.57 Å². The van der Waals surface area contributed by atoms with E-state index in [0.717, 1.165) is 66.7 Å². The van der Waals surface area contributed by atoms with Gasteiger partial charge in [0.15, 0.2) is 11.6 Å². The van der Waals surface area contributed by atoms with E-state index in [1.54, 1.807) is 0 Å². The maximum Gasteiger partial charge on any atom is 0.238 e. The largest absolute Gasteiger partial charge is 0.457 e. The van der Waals surface area contributed by atoms with Crippen LogP contribution in [0.3, 0.4) is 0 Å². The number of ether oxygens (including phenoxy) is 1. The average molecular weight is 729 g/mol. The van der Waals surface area contributed by atoms with Crippen molar-refractivity contribution in [2.75, 3.05) is 0 Å². The van der Waals surface area contributed by atoms with Crippen molar-refractivity contribution < 1.29 is 4.74 Å². The van der Waals surface area contributed by atoms with Gasteiger partial charge in [0.2, 0.25) is 5.95 Å². The Morgan fingerprint density at radius 2 is 0.947 bits per heavy atom. The van der Waals surface area contributed by atoms with Crippen molar-refractivity contribution >= 4 is 21.8 Å². The van der Waals surface area contributed by atoms with Gasteiger partial charge in [-0.25, -0.2) is 4.98 Å². The molecule has 0 N–H and O–H groups in total. The van der Waals surface area contributed by atoms with Gasteiger partial charge < -0.3 is 4.74 Å². The van der Waals surface area contributed by atoms with Gasteiger partial charge >= 0.3 is 0 Å².